The summed E-state index contributed by atoms with van der Waals surface area (Å²) in [5, 5.41) is 0.287. The Balaban J connectivity index is 1.85. The van der Waals surface area contributed by atoms with Gasteiger partial charge in [-0.15, -0.1) is 0 Å². The first-order valence-electron chi connectivity index (χ1n) is 5.92. The Morgan fingerprint density at radius 1 is 1.10 bits per heavy atom. The Labute approximate surface area is 119 Å². The van der Waals surface area contributed by atoms with Crippen molar-refractivity contribution in [2.75, 3.05) is 0 Å². The van der Waals surface area contributed by atoms with E-state index in [4.69, 9.17) is 21.1 Å². The van der Waals surface area contributed by atoms with E-state index in [1.807, 2.05) is 0 Å². The van der Waals surface area contributed by atoms with Crippen LogP contribution in [0.4, 0.5) is 0 Å². The van der Waals surface area contributed by atoms with E-state index in [0.717, 1.165) is 0 Å². The lowest BCUT2D eigenvalue weighted by Crippen LogP contribution is -2.12. The topological polar surface area (TPSA) is 52.6 Å². The van der Waals surface area contributed by atoms with Crippen molar-refractivity contribution in [2.24, 2.45) is 0 Å². The maximum absolute atomic E-state index is 12.0. The molecule has 0 aliphatic carbocycles. The van der Waals surface area contributed by atoms with Crippen LogP contribution in [0.1, 0.15) is 32.6 Å². The summed E-state index contributed by atoms with van der Waals surface area (Å²) in [4.78, 5) is 23.7. The minimum Gasteiger partial charge on any atom is -0.417 e. The van der Waals surface area contributed by atoms with Crippen LogP contribution in [0.5, 0.6) is 0 Å². The third-order valence-electron chi connectivity index (χ3n) is 2.96. The van der Waals surface area contributed by atoms with Gasteiger partial charge in [-0.2, -0.15) is 0 Å². The first-order chi connectivity index (χ1) is 9.66. The molecule has 5 heteroatoms. The van der Waals surface area contributed by atoms with E-state index in [1.165, 1.54) is 0 Å². The van der Waals surface area contributed by atoms with Gasteiger partial charge < -0.3 is 9.47 Å². The Hall–Kier alpha value is -2.33. The van der Waals surface area contributed by atoms with Crippen LogP contribution in [0.15, 0.2) is 48.5 Å². The van der Waals surface area contributed by atoms with E-state index in [1.54, 1.807) is 48.5 Å². The average molecular weight is 289 g/mol. The highest BCUT2D eigenvalue weighted by Crippen LogP contribution is 2.32. The van der Waals surface area contributed by atoms with Gasteiger partial charge in [0.25, 0.3) is 6.29 Å². The summed E-state index contributed by atoms with van der Waals surface area (Å²) in [6, 6.07) is 13.3. The number of carbonyl (C=O) groups excluding carboxylic acids is 2. The second kappa shape index (κ2) is 4.98. The number of carbonyl (C=O) groups is 2. The Bertz CT molecular complexity index is 696. The lowest BCUT2D eigenvalue weighted by molar-refractivity contribution is -0.0724. The van der Waals surface area contributed by atoms with Gasteiger partial charge in [0.2, 0.25) is 0 Å². The van der Waals surface area contributed by atoms with Gasteiger partial charge >= 0.3 is 11.9 Å². The molecule has 0 aromatic heterocycles. The van der Waals surface area contributed by atoms with Gasteiger partial charge in [-0.3, -0.25) is 0 Å². The van der Waals surface area contributed by atoms with Crippen LogP contribution in [-0.2, 0) is 9.47 Å². The molecule has 2 aromatic carbocycles. The summed E-state index contributed by atoms with van der Waals surface area (Å²) >= 11 is 5.92. The maximum Gasteiger partial charge on any atom is 0.343 e. The van der Waals surface area contributed by atoms with Gasteiger partial charge in [-0.05, 0) is 18.2 Å². The molecular weight excluding hydrogens is 280 g/mol. The first-order valence-corrected chi connectivity index (χ1v) is 6.30. The third-order valence-corrected chi connectivity index (χ3v) is 3.29. The van der Waals surface area contributed by atoms with Crippen LogP contribution < -0.4 is 0 Å². The van der Waals surface area contributed by atoms with Crippen molar-refractivity contribution in [1.82, 2.24) is 0 Å². The van der Waals surface area contributed by atoms with Gasteiger partial charge in [0.05, 0.1) is 16.1 Å². The highest BCUT2D eigenvalue weighted by atomic mass is 35.5. The number of hydrogen-bond donors (Lipinski definition) is 0. The van der Waals surface area contributed by atoms with Gasteiger partial charge in [0.1, 0.15) is 0 Å². The number of halogens is 1. The lowest BCUT2D eigenvalue weighted by Gasteiger charge is -2.12. The molecule has 0 radical (unpaired) electrons. The summed E-state index contributed by atoms with van der Waals surface area (Å²) in [5.74, 6) is -1.14. The molecular formula is C15H9ClO4. The summed E-state index contributed by atoms with van der Waals surface area (Å²) in [6.45, 7) is 0. The highest BCUT2D eigenvalue weighted by Gasteiger charge is 2.33. The quantitative estimate of drug-likeness (QED) is 0.795. The smallest absolute Gasteiger partial charge is 0.343 e. The largest absolute Gasteiger partial charge is 0.417 e. The molecule has 0 saturated heterocycles. The number of hydrogen-bond acceptors (Lipinski definition) is 4. The van der Waals surface area contributed by atoms with Crippen LogP contribution in [0.3, 0.4) is 0 Å². The standard InChI is InChI=1S/C15H9ClO4/c16-12-8-4-3-7-11(12)14(18)20-15-10-6-2-1-5-9(10)13(17)19-15/h1-8,15H. The predicted octanol–water partition coefficient (Wildman–Crippen LogP) is 3.37. The first kappa shape index (κ1) is 12.7. The minimum absolute atomic E-state index is 0.231. The molecule has 0 bridgehead atoms. The zero-order chi connectivity index (χ0) is 14.1. The molecule has 100 valence electrons. The van der Waals surface area contributed by atoms with Gasteiger partial charge in [-0.1, -0.05) is 41.9 Å². The van der Waals surface area contributed by atoms with E-state index in [9.17, 15) is 9.59 Å². The SMILES string of the molecule is O=C(OC1OC(=O)c2ccccc21)c1ccccc1Cl. The van der Waals surface area contributed by atoms with Crippen molar-refractivity contribution >= 4 is 23.5 Å². The summed E-state index contributed by atoms with van der Waals surface area (Å²) in [7, 11) is 0. The van der Waals surface area contributed by atoms with E-state index < -0.39 is 18.2 Å². The molecule has 1 atom stereocenters. The fraction of sp³-hybridized carbons (Fsp3) is 0.0667. The van der Waals surface area contributed by atoms with Crippen molar-refractivity contribution in [2.45, 2.75) is 6.29 Å². The summed E-state index contributed by atoms with van der Waals surface area (Å²) < 4.78 is 10.2. The number of fused-ring (bicyclic) bond motifs is 1. The van der Waals surface area contributed by atoms with E-state index in [-0.39, 0.29) is 10.6 Å². The second-order valence-electron chi connectivity index (χ2n) is 4.21. The lowest BCUT2D eigenvalue weighted by atomic mass is 10.1. The average Bonchev–Trinajstić information content (AvgIpc) is 2.76. The van der Waals surface area contributed by atoms with Gasteiger partial charge in [0.15, 0.2) is 0 Å². The molecule has 0 saturated carbocycles. The van der Waals surface area contributed by atoms with Crippen LogP contribution in [0.25, 0.3) is 0 Å². The number of rotatable bonds is 2. The van der Waals surface area contributed by atoms with Crippen molar-refractivity contribution in [1.29, 1.82) is 0 Å². The van der Waals surface area contributed by atoms with E-state index in [2.05, 4.69) is 0 Å². The van der Waals surface area contributed by atoms with Gasteiger partial charge in [-0.25, -0.2) is 9.59 Å². The number of ether oxygens (including phenoxy) is 2. The normalized spacial score (nSPS) is 16.4. The molecule has 0 N–H and O–H groups in total. The maximum atomic E-state index is 12.0. The second-order valence-corrected chi connectivity index (χ2v) is 4.62. The van der Waals surface area contributed by atoms with Crippen molar-refractivity contribution in [3.63, 3.8) is 0 Å². The van der Waals surface area contributed by atoms with Crippen molar-refractivity contribution < 1.29 is 19.1 Å². The highest BCUT2D eigenvalue weighted by molar-refractivity contribution is 6.33. The third kappa shape index (κ3) is 2.14. The zero-order valence-electron chi connectivity index (χ0n) is 10.2. The molecule has 1 aliphatic rings. The van der Waals surface area contributed by atoms with Crippen LogP contribution in [0, 0.1) is 0 Å². The molecule has 1 unspecified atom stereocenters. The van der Waals surface area contributed by atoms with Crippen molar-refractivity contribution in [3.8, 4) is 0 Å². The minimum atomic E-state index is -1.03. The predicted molar refractivity (Wildman–Crippen MR) is 71.5 cm³/mol. The van der Waals surface area contributed by atoms with Crippen LogP contribution >= 0.6 is 11.6 Å². The molecule has 0 spiro atoms. The van der Waals surface area contributed by atoms with Gasteiger partial charge in [0, 0.05) is 5.56 Å². The Morgan fingerprint density at radius 3 is 2.60 bits per heavy atom. The number of cyclic esters (lactones) is 1. The Kier molecular flexibility index (Phi) is 3.16. The fourth-order valence-corrected chi connectivity index (χ4v) is 2.20. The van der Waals surface area contributed by atoms with Crippen LogP contribution in [-0.4, -0.2) is 11.9 Å². The molecule has 1 aliphatic heterocycles. The fourth-order valence-electron chi connectivity index (χ4n) is 1.99. The molecule has 1 heterocycles. The van der Waals surface area contributed by atoms with Crippen molar-refractivity contribution in [3.05, 3.63) is 70.2 Å². The summed E-state index contributed by atoms with van der Waals surface area (Å²) in [6.07, 6.45) is -1.03. The molecule has 20 heavy (non-hydrogen) atoms. The number of benzene rings is 2. The molecule has 0 amide bonds. The van der Waals surface area contributed by atoms with E-state index >= 15 is 0 Å². The molecule has 3 rings (SSSR count). The molecule has 4 nitrogen and oxygen atoms in total. The summed E-state index contributed by atoms with van der Waals surface area (Å²) in [5.41, 5.74) is 1.18. The van der Waals surface area contributed by atoms with Crippen LogP contribution in [0.2, 0.25) is 5.02 Å². The van der Waals surface area contributed by atoms with E-state index in [0.29, 0.717) is 11.1 Å². The monoisotopic (exact) mass is 288 g/mol. The molecule has 2 aromatic rings. The Morgan fingerprint density at radius 2 is 1.80 bits per heavy atom. The molecule has 0 fully saturated rings. The zero-order valence-corrected chi connectivity index (χ0v) is 11.0. The number of esters is 2.